The van der Waals surface area contributed by atoms with Crippen LogP contribution in [-0.2, 0) is 6.42 Å². The molecule has 2 rings (SSSR count). The third-order valence-corrected chi connectivity index (χ3v) is 3.44. The molecule has 0 bridgehead atoms. The third kappa shape index (κ3) is 3.38. The lowest BCUT2D eigenvalue weighted by Crippen LogP contribution is -2.06. The molecule has 2 aromatic carbocycles. The first-order valence-electron chi connectivity index (χ1n) is 6.23. The Morgan fingerprint density at radius 2 is 1.86 bits per heavy atom. The van der Waals surface area contributed by atoms with Crippen LogP contribution in [0.2, 0.25) is 5.02 Å². The van der Waals surface area contributed by atoms with Crippen LogP contribution in [0.5, 0.6) is 5.75 Å². The van der Waals surface area contributed by atoms with Gasteiger partial charge in [-0.05, 0) is 18.1 Å². The molecule has 0 aliphatic heterocycles. The first kappa shape index (κ1) is 15.0. The summed E-state index contributed by atoms with van der Waals surface area (Å²) >= 11 is 5.84. The van der Waals surface area contributed by atoms with Gasteiger partial charge < -0.3 is 5.11 Å². The summed E-state index contributed by atoms with van der Waals surface area (Å²) in [6, 6.07) is 11.5. The van der Waals surface area contributed by atoms with Gasteiger partial charge in [0.1, 0.15) is 16.3 Å². The van der Waals surface area contributed by atoms with Crippen molar-refractivity contribution in [3.05, 3.63) is 68.7 Å². The first-order valence-corrected chi connectivity index (χ1v) is 6.61. The second-order valence-electron chi connectivity index (χ2n) is 4.46. The van der Waals surface area contributed by atoms with E-state index in [1.807, 2.05) is 30.3 Å². The minimum absolute atomic E-state index is 0.0774. The fourth-order valence-electron chi connectivity index (χ4n) is 2.00. The number of aromatic hydroxyl groups is 1. The van der Waals surface area contributed by atoms with E-state index in [1.54, 1.807) is 0 Å². The zero-order valence-electron chi connectivity index (χ0n) is 11.0. The highest BCUT2D eigenvalue weighted by Crippen LogP contribution is 2.34. The summed E-state index contributed by atoms with van der Waals surface area (Å²) in [5, 5.41) is 20.2. The van der Waals surface area contributed by atoms with Crippen molar-refractivity contribution >= 4 is 23.1 Å². The van der Waals surface area contributed by atoms with Gasteiger partial charge in [0.25, 0.3) is 5.69 Å². The number of ketones is 1. The molecule has 0 aliphatic carbocycles. The van der Waals surface area contributed by atoms with Gasteiger partial charge in [0, 0.05) is 12.5 Å². The Balaban J connectivity index is 2.26. The van der Waals surface area contributed by atoms with E-state index < -0.39 is 16.4 Å². The number of nitro benzene ring substituents is 1. The quantitative estimate of drug-likeness (QED) is 0.518. The highest BCUT2D eigenvalue weighted by Gasteiger charge is 2.25. The number of carbonyl (C=O) groups excluding carboxylic acids is 1. The van der Waals surface area contributed by atoms with Crippen molar-refractivity contribution < 1.29 is 14.8 Å². The molecule has 108 valence electrons. The number of Topliss-reactive ketones (excluding diaryl/α,β-unsaturated/α-hetero) is 1. The lowest BCUT2D eigenvalue weighted by Gasteiger charge is -2.06. The average Bonchev–Trinajstić information content (AvgIpc) is 2.48. The summed E-state index contributed by atoms with van der Waals surface area (Å²) in [4.78, 5) is 22.5. The van der Waals surface area contributed by atoms with Crippen LogP contribution in [0.1, 0.15) is 22.3 Å². The third-order valence-electron chi connectivity index (χ3n) is 3.06. The van der Waals surface area contributed by atoms with E-state index in [0.29, 0.717) is 6.42 Å². The van der Waals surface area contributed by atoms with Gasteiger partial charge in [-0.15, -0.1) is 0 Å². The Hall–Kier alpha value is -2.40. The predicted molar refractivity (Wildman–Crippen MR) is 78.9 cm³/mol. The van der Waals surface area contributed by atoms with Crippen LogP contribution in [-0.4, -0.2) is 15.8 Å². The summed E-state index contributed by atoms with van der Waals surface area (Å²) < 4.78 is 0. The van der Waals surface area contributed by atoms with E-state index in [2.05, 4.69) is 0 Å². The number of hydrogen-bond donors (Lipinski definition) is 1. The molecule has 1 N–H and O–H groups in total. The second kappa shape index (κ2) is 6.37. The number of phenols is 1. The summed E-state index contributed by atoms with van der Waals surface area (Å²) in [5.41, 5.74) is 0.318. The fraction of sp³-hybridized carbons (Fsp3) is 0.133. The largest absolute Gasteiger partial charge is 0.506 e. The van der Waals surface area contributed by atoms with E-state index in [1.165, 1.54) is 0 Å². The minimum atomic E-state index is -0.679. The zero-order valence-corrected chi connectivity index (χ0v) is 11.7. The van der Waals surface area contributed by atoms with Crippen LogP contribution in [0, 0.1) is 10.1 Å². The topological polar surface area (TPSA) is 80.4 Å². The van der Waals surface area contributed by atoms with Crippen molar-refractivity contribution in [3.63, 3.8) is 0 Å². The molecule has 0 spiro atoms. The number of hydrogen-bond acceptors (Lipinski definition) is 4. The molecule has 0 heterocycles. The second-order valence-corrected chi connectivity index (χ2v) is 4.84. The molecule has 21 heavy (non-hydrogen) atoms. The maximum Gasteiger partial charge on any atom is 0.281 e. The molecule has 2 aromatic rings. The normalized spacial score (nSPS) is 10.3. The van der Waals surface area contributed by atoms with Gasteiger partial charge >= 0.3 is 0 Å². The molecule has 0 saturated heterocycles. The van der Waals surface area contributed by atoms with Gasteiger partial charge in [-0.2, -0.15) is 0 Å². The molecule has 0 amide bonds. The number of phenolic OH excluding ortho intramolecular Hbond substituents is 1. The maximum absolute atomic E-state index is 12.2. The summed E-state index contributed by atoms with van der Waals surface area (Å²) in [6.07, 6.45) is 0.525. The number of carbonyl (C=O) groups is 1. The number of aryl methyl sites for hydroxylation is 1. The van der Waals surface area contributed by atoms with Crippen LogP contribution < -0.4 is 0 Å². The summed E-state index contributed by atoms with van der Waals surface area (Å²) in [7, 11) is 0. The maximum atomic E-state index is 12.2. The van der Waals surface area contributed by atoms with Crippen LogP contribution in [0.25, 0.3) is 0 Å². The summed E-state index contributed by atoms with van der Waals surface area (Å²) in [5.74, 6) is -0.809. The van der Waals surface area contributed by atoms with Gasteiger partial charge in [-0.3, -0.25) is 14.9 Å². The minimum Gasteiger partial charge on any atom is -0.506 e. The standard InChI is InChI=1S/C15H12ClNO4/c16-15-13(19)9-7-11(17(20)21)14(15)12(18)8-6-10-4-2-1-3-5-10/h1-5,7,9,19H,6,8H2. The molecule has 0 aromatic heterocycles. The molecule has 0 fully saturated rings. The molecule has 0 atom stereocenters. The Bertz CT molecular complexity index is 686. The molecule has 0 saturated carbocycles. The molecule has 0 unspecified atom stereocenters. The summed E-state index contributed by atoms with van der Waals surface area (Å²) in [6.45, 7) is 0. The Kier molecular flexibility index (Phi) is 4.55. The number of nitrogens with zero attached hydrogens (tertiary/aromatic N) is 1. The SMILES string of the molecule is O=C(CCc1ccccc1)c1c([N+](=O)[O-])ccc(O)c1Cl. The van der Waals surface area contributed by atoms with Gasteiger partial charge in [-0.25, -0.2) is 0 Å². The van der Waals surface area contributed by atoms with Crippen LogP contribution in [0.15, 0.2) is 42.5 Å². The first-order chi connectivity index (χ1) is 10.0. The van der Waals surface area contributed by atoms with Gasteiger partial charge in [-0.1, -0.05) is 41.9 Å². The van der Waals surface area contributed by atoms with Crippen LogP contribution >= 0.6 is 11.6 Å². The Labute approximate surface area is 125 Å². The van der Waals surface area contributed by atoms with Gasteiger partial charge in [0.2, 0.25) is 0 Å². The van der Waals surface area contributed by atoms with Crippen molar-refractivity contribution in [2.45, 2.75) is 12.8 Å². The van der Waals surface area contributed by atoms with Crippen molar-refractivity contribution in [2.75, 3.05) is 0 Å². The lowest BCUT2D eigenvalue weighted by atomic mass is 10.0. The van der Waals surface area contributed by atoms with Crippen LogP contribution in [0.3, 0.4) is 0 Å². The fourth-order valence-corrected chi connectivity index (χ4v) is 2.27. The van der Waals surface area contributed by atoms with Crippen molar-refractivity contribution in [1.82, 2.24) is 0 Å². The van der Waals surface area contributed by atoms with Crippen LogP contribution in [0.4, 0.5) is 5.69 Å². The number of nitro groups is 1. The van der Waals surface area contributed by atoms with E-state index >= 15 is 0 Å². The highest BCUT2D eigenvalue weighted by molar-refractivity contribution is 6.36. The molecular weight excluding hydrogens is 294 g/mol. The van der Waals surface area contributed by atoms with Gasteiger partial charge in [0.05, 0.1) is 4.92 Å². The monoisotopic (exact) mass is 305 g/mol. The number of benzene rings is 2. The van der Waals surface area contributed by atoms with E-state index in [-0.39, 0.29) is 22.8 Å². The lowest BCUT2D eigenvalue weighted by molar-refractivity contribution is -0.385. The smallest absolute Gasteiger partial charge is 0.281 e. The Morgan fingerprint density at radius 3 is 2.48 bits per heavy atom. The van der Waals surface area contributed by atoms with E-state index in [4.69, 9.17) is 11.6 Å². The molecule has 0 radical (unpaired) electrons. The number of rotatable bonds is 5. The zero-order chi connectivity index (χ0) is 15.4. The molecule has 0 aliphatic rings. The van der Waals surface area contributed by atoms with Gasteiger partial charge in [0.15, 0.2) is 5.78 Å². The van der Waals surface area contributed by atoms with Crippen molar-refractivity contribution in [2.24, 2.45) is 0 Å². The van der Waals surface area contributed by atoms with Crippen molar-refractivity contribution in [1.29, 1.82) is 0 Å². The Morgan fingerprint density at radius 1 is 1.19 bits per heavy atom. The van der Waals surface area contributed by atoms with E-state index in [9.17, 15) is 20.0 Å². The predicted octanol–water partition coefficient (Wildman–Crippen LogP) is 3.77. The van der Waals surface area contributed by atoms with Crippen molar-refractivity contribution in [3.8, 4) is 5.75 Å². The highest BCUT2D eigenvalue weighted by atomic mass is 35.5. The average molecular weight is 306 g/mol. The number of halogens is 1. The molecular formula is C15H12ClNO4. The van der Waals surface area contributed by atoms with E-state index in [0.717, 1.165) is 17.7 Å². The molecule has 6 heteroatoms. The molecule has 5 nitrogen and oxygen atoms in total.